The highest BCUT2D eigenvalue weighted by Crippen LogP contribution is 2.46. The lowest BCUT2D eigenvalue weighted by molar-refractivity contribution is -0.107. The number of ether oxygens (including phenoxy) is 2. The summed E-state index contributed by atoms with van der Waals surface area (Å²) in [6.07, 6.45) is -0.619. The summed E-state index contributed by atoms with van der Waals surface area (Å²) in [5.74, 6) is -0.238. The van der Waals surface area contributed by atoms with Crippen LogP contribution >= 0.6 is 19.3 Å². The molecule has 0 aromatic heterocycles. The minimum absolute atomic E-state index is 0.162. The zero-order valence-corrected chi connectivity index (χ0v) is 12.1. The van der Waals surface area contributed by atoms with E-state index in [-0.39, 0.29) is 25.4 Å². The van der Waals surface area contributed by atoms with E-state index in [0.717, 1.165) is 19.2 Å². The Morgan fingerprint density at radius 1 is 1.76 bits per heavy atom. The summed E-state index contributed by atoms with van der Waals surface area (Å²) in [5, 5.41) is 0. The zero-order valence-electron chi connectivity index (χ0n) is 12.4. The van der Waals surface area contributed by atoms with E-state index in [0.29, 0.717) is 6.42 Å². The van der Waals surface area contributed by atoms with Crippen molar-refractivity contribution in [3.63, 3.8) is 0 Å². The second-order valence-corrected chi connectivity index (χ2v) is 6.42. The third-order valence-electron chi connectivity index (χ3n) is 3.24. The molecule has 0 N–H and O–H groups in total. The van der Waals surface area contributed by atoms with Crippen molar-refractivity contribution in [2.45, 2.75) is 32.5 Å². The quantitative estimate of drug-likeness (QED) is 0.296. The monoisotopic (exact) mass is 284 g/mol. The van der Waals surface area contributed by atoms with Crippen LogP contribution in [0.2, 0.25) is 0 Å². The second kappa shape index (κ2) is 7.29. The van der Waals surface area contributed by atoms with Gasteiger partial charge in [0.1, 0.15) is 20.5 Å². The van der Waals surface area contributed by atoms with E-state index in [9.17, 15) is 4.39 Å². The van der Waals surface area contributed by atoms with Crippen molar-refractivity contribution in [1.29, 1.82) is 2.61 Å². The van der Waals surface area contributed by atoms with Crippen LogP contribution < -0.4 is 0 Å². The zero-order chi connectivity index (χ0) is 14.5. The van der Waals surface area contributed by atoms with Gasteiger partial charge in [-0.05, 0) is 7.76 Å². The molecule has 0 bridgehead atoms. The van der Waals surface area contributed by atoms with Crippen LogP contribution in [0.5, 0.6) is 0 Å². The number of rotatable bonds is 8. The molecule has 4 unspecified atom stereocenters. The Morgan fingerprint density at radius 2 is 2.53 bits per heavy atom. The van der Waals surface area contributed by atoms with Crippen molar-refractivity contribution >= 4 is 26.8 Å². The first kappa shape index (κ1) is 12.7. The number of hydrogen-bond acceptors (Lipinski definition) is 4. The first-order valence-corrected chi connectivity index (χ1v) is 7.78. The molecule has 0 saturated heterocycles. The predicted molar refractivity (Wildman–Crippen MR) is 72.5 cm³/mol. The van der Waals surface area contributed by atoms with Crippen LogP contribution in [0.3, 0.4) is 0 Å². The fourth-order valence-corrected chi connectivity index (χ4v) is 2.88. The fourth-order valence-electron chi connectivity index (χ4n) is 2.22. The summed E-state index contributed by atoms with van der Waals surface area (Å²) in [7, 11) is 1.23. The average Bonchev–Trinajstić information content (AvgIpc) is 2.59. The van der Waals surface area contributed by atoms with E-state index in [1.54, 1.807) is 7.11 Å². The second-order valence-electron chi connectivity index (χ2n) is 4.75. The molecule has 1 aliphatic carbocycles. The van der Waals surface area contributed by atoms with Crippen molar-refractivity contribution in [3.05, 3.63) is 0 Å². The minimum atomic E-state index is -1.34. The Labute approximate surface area is 112 Å². The smallest absolute Gasteiger partial charge is 0.146 e. The van der Waals surface area contributed by atoms with Crippen molar-refractivity contribution in [2.24, 2.45) is 11.3 Å². The Hall–Kier alpha value is 0.655. The van der Waals surface area contributed by atoms with Crippen molar-refractivity contribution in [3.8, 4) is 0 Å². The molecule has 17 heavy (non-hydrogen) atoms. The third-order valence-corrected chi connectivity index (χ3v) is 4.14. The van der Waals surface area contributed by atoms with Gasteiger partial charge in [-0.15, -0.1) is 0 Å². The number of hydrogen-bond donors (Lipinski definition) is 0. The summed E-state index contributed by atoms with van der Waals surface area (Å²) < 4.78 is 44.3. The molecule has 4 atom stereocenters. The lowest BCUT2D eigenvalue weighted by atomic mass is 9.87. The Bertz CT molecular complexity index is 281. The van der Waals surface area contributed by atoms with E-state index >= 15 is 0 Å². The highest BCUT2D eigenvalue weighted by atomic mass is 32.7. The van der Waals surface area contributed by atoms with E-state index in [1.807, 2.05) is 13.8 Å². The van der Waals surface area contributed by atoms with E-state index in [1.165, 1.54) is 0 Å². The van der Waals surface area contributed by atoms with Gasteiger partial charge in [0, 0.05) is 30.1 Å². The predicted octanol–water partition coefficient (Wildman–Crippen LogP) is 2.43. The van der Waals surface area contributed by atoms with Crippen LogP contribution in [0.1, 0.15) is 20.3 Å². The molecule has 0 amide bonds. The molecule has 0 aromatic carbocycles. The van der Waals surface area contributed by atoms with Gasteiger partial charge in [0.15, 0.2) is 0 Å². The van der Waals surface area contributed by atoms with Gasteiger partial charge in [-0.1, -0.05) is 21.5 Å². The standard InChI is InChI=1S/C10H20BFO3PS/c1-10(2)8(14-6-13-3)4-7(9(10)12)5-15-17-16-11/h7-9,11,16H,4-6H2,1-3H3/i11T,16D. The molecular formula is C10H20BFO3PS. The molecule has 1 aliphatic rings. The summed E-state index contributed by atoms with van der Waals surface area (Å²) in [4.78, 5) is 0. The minimum Gasteiger partial charge on any atom is -0.359 e. The SMILES string of the molecule is [2H]P([B][3H])SOCC1CC(OCOC)C(C)(C)C1F. The van der Waals surface area contributed by atoms with Gasteiger partial charge in [-0.25, -0.2) is 4.39 Å². The van der Waals surface area contributed by atoms with Crippen molar-refractivity contribution < 1.29 is 18.0 Å². The maximum absolute atomic E-state index is 14.4. The third kappa shape index (κ3) is 4.07. The molecule has 1 fully saturated rings. The molecule has 7 heteroatoms. The molecule has 0 aromatic rings. The fraction of sp³-hybridized carbons (Fsp3) is 1.00. The normalized spacial score (nSPS) is 35.2. The molecule has 3 nitrogen and oxygen atoms in total. The Morgan fingerprint density at radius 3 is 3.18 bits per heavy atom. The average molecular weight is 284 g/mol. The largest absolute Gasteiger partial charge is 0.359 e. The lowest BCUT2D eigenvalue weighted by Gasteiger charge is -2.28. The molecular weight excluding hydrogens is 261 g/mol. The van der Waals surface area contributed by atoms with Gasteiger partial charge in [-0.3, -0.25) is 0 Å². The molecule has 1 rings (SSSR count). The van der Waals surface area contributed by atoms with E-state index < -0.39 is 19.2 Å². The van der Waals surface area contributed by atoms with Crippen LogP contribution in [-0.4, -0.2) is 42.9 Å². The van der Waals surface area contributed by atoms with Crippen molar-refractivity contribution in [2.75, 3.05) is 20.5 Å². The van der Waals surface area contributed by atoms with E-state index in [4.69, 9.17) is 16.3 Å². The van der Waals surface area contributed by atoms with Gasteiger partial charge in [0.2, 0.25) is 0 Å². The molecule has 0 heterocycles. The number of alkyl halides is 1. The summed E-state index contributed by atoms with van der Waals surface area (Å²) in [6, 6.07) is 0. The van der Waals surface area contributed by atoms with Crippen LogP contribution in [0.25, 0.3) is 0 Å². The molecule has 1 saturated carbocycles. The van der Waals surface area contributed by atoms with Gasteiger partial charge in [-0.2, -0.15) is 0 Å². The maximum Gasteiger partial charge on any atom is 0.146 e. The number of halogens is 1. The van der Waals surface area contributed by atoms with Crippen LogP contribution in [-0.2, 0) is 13.7 Å². The summed E-state index contributed by atoms with van der Waals surface area (Å²) in [6.45, 7) is 4.10. The molecule has 0 spiro atoms. The Kier molecular flexibility index (Phi) is 5.44. The summed E-state index contributed by atoms with van der Waals surface area (Å²) >= 11 is 0.941. The molecule has 0 aliphatic heterocycles. The number of methoxy groups -OCH3 is 1. The van der Waals surface area contributed by atoms with Gasteiger partial charge < -0.3 is 13.7 Å². The van der Waals surface area contributed by atoms with Crippen LogP contribution in [0.4, 0.5) is 4.39 Å². The maximum atomic E-state index is 14.4. The van der Waals surface area contributed by atoms with Gasteiger partial charge >= 0.3 is 0 Å². The van der Waals surface area contributed by atoms with Gasteiger partial charge in [0.05, 0.1) is 14.0 Å². The van der Waals surface area contributed by atoms with Crippen molar-refractivity contribution in [1.82, 2.24) is 0 Å². The topological polar surface area (TPSA) is 27.7 Å². The first-order valence-electron chi connectivity index (χ1n) is 6.50. The lowest BCUT2D eigenvalue weighted by Crippen LogP contribution is -2.34. The molecule has 1 radical (unpaired) electrons. The highest BCUT2D eigenvalue weighted by molar-refractivity contribution is 8.53. The van der Waals surface area contributed by atoms with Crippen LogP contribution in [0, 0.1) is 11.3 Å². The molecule has 99 valence electrons. The Balaban J connectivity index is 2.43. The summed E-state index contributed by atoms with van der Waals surface area (Å²) in [5.41, 5.74) is -0.565. The van der Waals surface area contributed by atoms with Crippen LogP contribution in [0.15, 0.2) is 0 Å². The van der Waals surface area contributed by atoms with E-state index in [2.05, 4.69) is 0 Å². The first-order chi connectivity index (χ1) is 8.93. The highest BCUT2D eigenvalue weighted by Gasteiger charge is 2.50. The van der Waals surface area contributed by atoms with Gasteiger partial charge in [0.25, 0.3) is 0 Å².